The minimum atomic E-state index is -0.00153. The zero-order valence-electron chi connectivity index (χ0n) is 12.2. The van der Waals surface area contributed by atoms with Crippen LogP contribution in [0.4, 0.5) is 5.69 Å². The fourth-order valence-electron chi connectivity index (χ4n) is 2.62. The van der Waals surface area contributed by atoms with Crippen LogP contribution in [-0.4, -0.2) is 18.2 Å². The maximum absolute atomic E-state index is 12.8. The Hall–Kier alpha value is -1.94. The number of carbonyl (C=O) groups excluding carboxylic acids is 2. The van der Waals surface area contributed by atoms with Gasteiger partial charge in [0.25, 0.3) is 5.91 Å². The molecule has 0 spiro atoms. The Bertz CT molecular complexity index is 698. The second kappa shape index (κ2) is 5.45. The van der Waals surface area contributed by atoms with Gasteiger partial charge in [-0.2, -0.15) is 0 Å². The van der Waals surface area contributed by atoms with E-state index in [1.54, 1.807) is 4.90 Å². The number of hydrogen-bond donors (Lipinski definition) is 0. The van der Waals surface area contributed by atoms with Crippen molar-refractivity contribution >= 4 is 28.7 Å². The molecule has 0 atom stereocenters. The minimum absolute atomic E-state index is 0.00153. The van der Waals surface area contributed by atoms with Gasteiger partial charge in [-0.05, 0) is 44.0 Å². The molecule has 1 aromatic carbocycles. The molecular formula is C17H17NO2S. The minimum Gasteiger partial charge on any atom is -0.307 e. The summed E-state index contributed by atoms with van der Waals surface area (Å²) in [6.45, 7) is 4.64. The van der Waals surface area contributed by atoms with Crippen LogP contribution in [0.3, 0.4) is 0 Å². The highest BCUT2D eigenvalue weighted by molar-refractivity contribution is 7.14. The van der Waals surface area contributed by atoms with Gasteiger partial charge >= 0.3 is 0 Å². The predicted molar refractivity (Wildman–Crippen MR) is 85.5 cm³/mol. The summed E-state index contributed by atoms with van der Waals surface area (Å²) in [5.41, 5.74) is 2.55. The molecule has 2 heterocycles. The summed E-state index contributed by atoms with van der Waals surface area (Å²) in [6.07, 6.45) is 1.21. The Morgan fingerprint density at radius 3 is 2.71 bits per heavy atom. The summed E-state index contributed by atoms with van der Waals surface area (Å²) in [4.78, 5) is 28.6. The second-order valence-electron chi connectivity index (χ2n) is 5.35. The monoisotopic (exact) mass is 299 g/mol. The van der Waals surface area contributed by atoms with E-state index in [9.17, 15) is 9.59 Å². The quantitative estimate of drug-likeness (QED) is 0.798. The summed E-state index contributed by atoms with van der Waals surface area (Å²) >= 11 is 1.52. The van der Waals surface area contributed by atoms with Crippen molar-refractivity contribution in [2.75, 3.05) is 11.4 Å². The Kier molecular flexibility index (Phi) is 3.64. The molecule has 0 saturated heterocycles. The van der Waals surface area contributed by atoms with E-state index in [-0.39, 0.29) is 11.7 Å². The lowest BCUT2D eigenvalue weighted by Gasteiger charge is -2.21. The largest absolute Gasteiger partial charge is 0.307 e. The second-order valence-corrected chi connectivity index (χ2v) is 6.61. The standard InChI is InChI=1S/C17H17NO2S/c1-11-10-16(21-12(11)2)17(20)18-9-5-8-15(19)13-6-3-4-7-14(13)18/h3-4,6-7,10H,5,8-9H2,1-2H3. The van der Waals surface area contributed by atoms with Gasteiger partial charge in [0.2, 0.25) is 0 Å². The van der Waals surface area contributed by atoms with Crippen LogP contribution in [0, 0.1) is 13.8 Å². The van der Waals surface area contributed by atoms with Crippen molar-refractivity contribution in [2.45, 2.75) is 26.7 Å². The van der Waals surface area contributed by atoms with Crippen LogP contribution in [-0.2, 0) is 0 Å². The number of para-hydroxylation sites is 1. The van der Waals surface area contributed by atoms with Crippen LogP contribution >= 0.6 is 11.3 Å². The number of anilines is 1. The van der Waals surface area contributed by atoms with Crippen molar-refractivity contribution in [3.8, 4) is 0 Å². The zero-order chi connectivity index (χ0) is 15.0. The normalized spacial score (nSPS) is 14.8. The number of aryl methyl sites for hydroxylation is 2. The van der Waals surface area contributed by atoms with E-state index < -0.39 is 0 Å². The van der Waals surface area contributed by atoms with Crippen LogP contribution in [0.25, 0.3) is 0 Å². The van der Waals surface area contributed by atoms with E-state index in [2.05, 4.69) is 0 Å². The zero-order valence-corrected chi connectivity index (χ0v) is 13.0. The summed E-state index contributed by atoms with van der Waals surface area (Å²) in [5, 5.41) is 0. The van der Waals surface area contributed by atoms with E-state index >= 15 is 0 Å². The van der Waals surface area contributed by atoms with Crippen molar-refractivity contribution < 1.29 is 9.59 Å². The Morgan fingerprint density at radius 2 is 2.00 bits per heavy atom. The van der Waals surface area contributed by atoms with E-state index in [0.717, 1.165) is 21.0 Å². The van der Waals surface area contributed by atoms with E-state index in [0.29, 0.717) is 24.9 Å². The Labute approximate surface area is 128 Å². The van der Waals surface area contributed by atoms with Crippen LogP contribution in [0.15, 0.2) is 30.3 Å². The van der Waals surface area contributed by atoms with Gasteiger partial charge in [0.05, 0.1) is 10.6 Å². The average Bonchev–Trinajstić information content (AvgIpc) is 2.73. The summed E-state index contributed by atoms with van der Waals surface area (Å²) in [7, 11) is 0. The lowest BCUT2D eigenvalue weighted by molar-refractivity contribution is 0.0975. The van der Waals surface area contributed by atoms with Gasteiger partial charge in [0.1, 0.15) is 0 Å². The molecule has 0 N–H and O–H groups in total. The molecule has 1 aromatic heterocycles. The maximum Gasteiger partial charge on any atom is 0.268 e. The third-order valence-corrected chi connectivity index (χ3v) is 5.04. The van der Waals surface area contributed by atoms with E-state index in [4.69, 9.17) is 0 Å². The third kappa shape index (κ3) is 2.51. The first-order chi connectivity index (χ1) is 10.1. The summed E-state index contributed by atoms with van der Waals surface area (Å²) in [6, 6.07) is 9.35. The van der Waals surface area contributed by atoms with Crippen LogP contribution in [0.5, 0.6) is 0 Å². The molecule has 0 fully saturated rings. The fraction of sp³-hybridized carbons (Fsp3) is 0.294. The number of carbonyl (C=O) groups is 2. The first kappa shape index (κ1) is 14.0. The molecule has 3 nitrogen and oxygen atoms in total. The molecule has 0 bridgehead atoms. The molecule has 1 aliphatic heterocycles. The van der Waals surface area contributed by atoms with Gasteiger partial charge in [-0.1, -0.05) is 12.1 Å². The number of thiophene rings is 1. The molecule has 0 radical (unpaired) electrons. The predicted octanol–water partition coefficient (Wildman–Crippen LogP) is 3.99. The SMILES string of the molecule is Cc1cc(C(=O)N2CCCC(=O)c3ccccc32)sc1C. The Morgan fingerprint density at radius 1 is 1.24 bits per heavy atom. The fourth-order valence-corrected chi connectivity index (χ4v) is 3.60. The van der Waals surface area contributed by atoms with Crippen LogP contribution in [0.2, 0.25) is 0 Å². The number of amides is 1. The molecular weight excluding hydrogens is 282 g/mol. The maximum atomic E-state index is 12.8. The molecule has 0 unspecified atom stereocenters. The van der Waals surface area contributed by atoms with Crippen molar-refractivity contribution in [2.24, 2.45) is 0 Å². The molecule has 2 aromatic rings. The lowest BCUT2D eigenvalue weighted by Crippen LogP contribution is -2.31. The van der Waals surface area contributed by atoms with Crippen LogP contribution in [0.1, 0.15) is 43.3 Å². The van der Waals surface area contributed by atoms with Crippen LogP contribution < -0.4 is 4.90 Å². The molecule has 1 aliphatic rings. The van der Waals surface area contributed by atoms with Gasteiger partial charge in [-0.15, -0.1) is 11.3 Å². The highest BCUT2D eigenvalue weighted by Gasteiger charge is 2.26. The summed E-state index contributed by atoms with van der Waals surface area (Å²) in [5.74, 6) is 0.123. The van der Waals surface area contributed by atoms with Gasteiger partial charge in [-0.3, -0.25) is 9.59 Å². The molecule has 21 heavy (non-hydrogen) atoms. The van der Waals surface area contributed by atoms with Gasteiger partial charge < -0.3 is 4.90 Å². The molecule has 3 rings (SSSR count). The third-order valence-electron chi connectivity index (χ3n) is 3.90. The number of fused-ring (bicyclic) bond motifs is 1. The molecule has 108 valence electrons. The Balaban J connectivity index is 2.03. The number of nitrogens with zero attached hydrogens (tertiary/aromatic N) is 1. The molecule has 4 heteroatoms. The van der Waals surface area contributed by atoms with Crippen molar-refractivity contribution in [1.82, 2.24) is 0 Å². The van der Waals surface area contributed by atoms with Gasteiger partial charge in [0.15, 0.2) is 5.78 Å². The molecule has 0 aliphatic carbocycles. The summed E-state index contributed by atoms with van der Waals surface area (Å²) < 4.78 is 0. The number of Topliss-reactive ketones (excluding diaryl/α,β-unsaturated/α-hetero) is 1. The number of ketones is 1. The topological polar surface area (TPSA) is 37.4 Å². The number of rotatable bonds is 1. The smallest absolute Gasteiger partial charge is 0.268 e. The average molecular weight is 299 g/mol. The van der Waals surface area contributed by atoms with Gasteiger partial charge in [-0.25, -0.2) is 0 Å². The molecule has 1 amide bonds. The number of benzene rings is 1. The first-order valence-corrected chi connectivity index (χ1v) is 7.90. The van der Waals surface area contributed by atoms with Gasteiger partial charge in [0, 0.05) is 23.4 Å². The molecule has 0 saturated carbocycles. The number of hydrogen-bond acceptors (Lipinski definition) is 3. The first-order valence-electron chi connectivity index (χ1n) is 7.09. The van der Waals surface area contributed by atoms with Crippen molar-refractivity contribution in [1.29, 1.82) is 0 Å². The van der Waals surface area contributed by atoms with Crippen molar-refractivity contribution in [3.63, 3.8) is 0 Å². The highest BCUT2D eigenvalue weighted by atomic mass is 32.1. The van der Waals surface area contributed by atoms with E-state index in [1.807, 2.05) is 44.2 Å². The van der Waals surface area contributed by atoms with Crippen molar-refractivity contribution in [3.05, 3.63) is 51.2 Å². The highest BCUT2D eigenvalue weighted by Crippen LogP contribution is 2.30. The van der Waals surface area contributed by atoms with E-state index in [1.165, 1.54) is 11.3 Å². The lowest BCUT2D eigenvalue weighted by atomic mass is 10.1.